The van der Waals surface area contributed by atoms with E-state index in [1.54, 1.807) is 54.3 Å². The Labute approximate surface area is 164 Å². The highest BCUT2D eigenvalue weighted by Gasteiger charge is 2.24. The third kappa shape index (κ3) is 4.68. The lowest BCUT2D eigenvalue weighted by Crippen LogP contribution is -2.44. The molecule has 1 amide bonds. The van der Waals surface area contributed by atoms with Crippen LogP contribution in [0.2, 0.25) is 5.02 Å². The van der Waals surface area contributed by atoms with Crippen molar-refractivity contribution in [1.82, 2.24) is 9.62 Å². The van der Waals surface area contributed by atoms with Gasteiger partial charge in [-0.1, -0.05) is 29.8 Å². The van der Waals surface area contributed by atoms with Crippen LogP contribution in [0.25, 0.3) is 0 Å². The molecule has 3 N–H and O–H groups in total. The third-order valence-corrected chi connectivity index (χ3v) is 6.23. The number of benzene rings is 2. The number of amides is 1. The Morgan fingerprint density at radius 3 is 2.59 bits per heavy atom. The summed E-state index contributed by atoms with van der Waals surface area (Å²) in [6.45, 7) is 2.84. The van der Waals surface area contributed by atoms with Crippen LogP contribution in [0.5, 0.6) is 0 Å². The Morgan fingerprint density at radius 1 is 1.22 bits per heavy atom. The van der Waals surface area contributed by atoms with Crippen molar-refractivity contribution >= 4 is 27.5 Å². The molecule has 0 saturated carbocycles. The van der Waals surface area contributed by atoms with Crippen LogP contribution in [-0.4, -0.2) is 31.8 Å². The van der Waals surface area contributed by atoms with Gasteiger partial charge in [0.15, 0.2) is 0 Å². The van der Waals surface area contributed by atoms with E-state index >= 15 is 0 Å². The SMILES string of the molecule is C[C@H](N)C(=O)N1CCc2cc(S(=O)(=O)NCc3ccc(Cl)cc3)ccc2C1. The van der Waals surface area contributed by atoms with Crippen LogP contribution in [0.3, 0.4) is 0 Å². The van der Waals surface area contributed by atoms with Crippen molar-refractivity contribution in [3.8, 4) is 0 Å². The zero-order valence-electron chi connectivity index (χ0n) is 15.0. The van der Waals surface area contributed by atoms with Crippen LogP contribution in [0.15, 0.2) is 47.4 Å². The maximum absolute atomic E-state index is 12.6. The Balaban J connectivity index is 1.72. The number of carbonyl (C=O) groups excluding carboxylic acids is 1. The van der Waals surface area contributed by atoms with Crippen molar-refractivity contribution in [3.05, 3.63) is 64.2 Å². The number of nitrogens with zero attached hydrogens (tertiary/aromatic N) is 1. The Bertz CT molecular complexity index is 943. The molecule has 1 atom stereocenters. The molecule has 0 unspecified atom stereocenters. The molecule has 0 fully saturated rings. The van der Waals surface area contributed by atoms with Gasteiger partial charge < -0.3 is 10.6 Å². The van der Waals surface area contributed by atoms with Gasteiger partial charge in [-0.05, 0) is 54.3 Å². The van der Waals surface area contributed by atoms with Crippen LogP contribution < -0.4 is 10.5 Å². The maximum Gasteiger partial charge on any atom is 0.240 e. The first-order valence-corrected chi connectivity index (χ1v) is 10.5. The molecule has 8 heteroatoms. The lowest BCUT2D eigenvalue weighted by atomic mass is 9.99. The molecule has 0 spiro atoms. The molecule has 1 aliphatic rings. The molecule has 1 heterocycles. The maximum atomic E-state index is 12.6. The molecule has 144 valence electrons. The lowest BCUT2D eigenvalue weighted by molar-refractivity contribution is -0.133. The topological polar surface area (TPSA) is 92.5 Å². The zero-order chi connectivity index (χ0) is 19.6. The van der Waals surface area contributed by atoms with E-state index < -0.39 is 16.1 Å². The van der Waals surface area contributed by atoms with Gasteiger partial charge in [0.25, 0.3) is 0 Å². The summed E-state index contributed by atoms with van der Waals surface area (Å²) in [5.74, 6) is -0.0954. The number of fused-ring (bicyclic) bond motifs is 1. The summed E-state index contributed by atoms with van der Waals surface area (Å²) < 4.78 is 27.8. The first kappa shape index (κ1) is 19.8. The van der Waals surface area contributed by atoms with Gasteiger partial charge in [0.05, 0.1) is 10.9 Å². The van der Waals surface area contributed by atoms with Crippen molar-refractivity contribution in [1.29, 1.82) is 0 Å². The molecule has 0 bridgehead atoms. The fourth-order valence-electron chi connectivity index (χ4n) is 3.04. The van der Waals surface area contributed by atoms with Crippen molar-refractivity contribution in [2.24, 2.45) is 5.73 Å². The van der Waals surface area contributed by atoms with Crippen molar-refractivity contribution in [2.45, 2.75) is 37.4 Å². The van der Waals surface area contributed by atoms with E-state index in [-0.39, 0.29) is 17.3 Å². The van der Waals surface area contributed by atoms with Crippen LogP contribution in [-0.2, 0) is 34.3 Å². The Kier molecular flexibility index (Phi) is 5.86. The number of nitrogens with two attached hydrogens (primary N) is 1. The molecule has 6 nitrogen and oxygen atoms in total. The molecule has 2 aromatic carbocycles. The summed E-state index contributed by atoms with van der Waals surface area (Å²) in [6, 6.07) is 11.5. The minimum absolute atomic E-state index is 0.0954. The van der Waals surface area contributed by atoms with E-state index in [2.05, 4.69) is 4.72 Å². The van der Waals surface area contributed by atoms with E-state index in [9.17, 15) is 13.2 Å². The molecule has 2 aromatic rings. The number of hydrogen-bond donors (Lipinski definition) is 2. The molecule has 0 aliphatic carbocycles. The first-order valence-electron chi connectivity index (χ1n) is 8.66. The summed E-state index contributed by atoms with van der Waals surface area (Å²) in [5, 5.41) is 0.604. The monoisotopic (exact) mass is 407 g/mol. The predicted molar refractivity (Wildman–Crippen MR) is 105 cm³/mol. The standard InChI is InChI=1S/C19H22ClN3O3S/c1-13(21)19(24)23-9-8-15-10-18(7-4-16(15)12-23)27(25,26)22-11-14-2-5-17(20)6-3-14/h2-7,10,13,22H,8-9,11-12,21H2,1H3/t13-/m0/s1. The highest BCUT2D eigenvalue weighted by molar-refractivity contribution is 7.89. The predicted octanol–water partition coefficient (Wildman–Crippen LogP) is 2.05. The molecule has 3 rings (SSSR count). The van der Waals surface area contributed by atoms with Gasteiger partial charge in [-0.15, -0.1) is 0 Å². The Morgan fingerprint density at radius 2 is 1.93 bits per heavy atom. The van der Waals surface area contributed by atoms with Gasteiger partial charge in [-0.3, -0.25) is 4.79 Å². The second-order valence-corrected chi connectivity index (χ2v) is 8.88. The molecule has 0 aromatic heterocycles. The fourth-order valence-corrected chi connectivity index (χ4v) is 4.23. The van der Waals surface area contributed by atoms with Gasteiger partial charge in [-0.2, -0.15) is 0 Å². The average molecular weight is 408 g/mol. The average Bonchev–Trinajstić information content (AvgIpc) is 2.66. The summed E-state index contributed by atoms with van der Waals surface area (Å²) >= 11 is 5.84. The van der Waals surface area contributed by atoms with Crippen LogP contribution in [0.1, 0.15) is 23.6 Å². The van der Waals surface area contributed by atoms with Gasteiger partial charge in [0, 0.05) is 24.7 Å². The van der Waals surface area contributed by atoms with Crippen molar-refractivity contribution in [2.75, 3.05) is 6.54 Å². The first-order chi connectivity index (χ1) is 12.8. The number of sulfonamides is 1. The van der Waals surface area contributed by atoms with Gasteiger partial charge in [0.2, 0.25) is 15.9 Å². The number of halogens is 1. The van der Waals surface area contributed by atoms with Gasteiger partial charge >= 0.3 is 0 Å². The smallest absolute Gasteiger partial charge is 0.240 e. The van der Waals surface area contributed by atoms with E-state index in [0.29, 0.717) is 24.5 Å². The highest BCUT2D eigenvalue weighted by Crippen LogP contribution is 2.23. The zero-order valence-corrected chi connectivity index (χ0v) is 16.6. The summed E-state index contributed by atoms with van der Waals surface area (Å²) in [7, 11) is -3.63. The minimum atomic E-state index is -3.63. The fraction of sp³-hybridized carbons (Fsp3) is 0.316. The molecule has 0 radical (unpaired) electrons. The Hall–Kier alpha value is -1.93. The van der Waals surface area contributed by atoms with Crippen LogP contribution in [0, 0.1) is 0 Å². The van der Waals surface area contributed by atoms with Crippen molar-refractivity contribution < 1.29 is 13.2 Å². The number of nitrogens with one attached hydrogen (secondary N) is 1. The second kappa shape index (κ2) is 7.98. The van der Waals surface area contributed by atoms with E-state index in [0.717, 1.165) is 16.7 Å². The van der Waals surface area contributed by atoms with Crippen LogP contribution >= 0.6 is 11.6 Å². The van der Waals surface area contributed by atoms with Crippen molar-refractivity contribution in [3.63, 3.8) is 0 Å². The number of carbonyl (C=O) groups is 1. The molecular formula is C19H22ClN3O3S. The number of hydrogen-bond acceptors (Lipinski definition) is 4. The molecule has 27 heavy (non-hydrogen) atoms. The van der Waals surface area contributed by atoms with Gasteiger partial charge in [-0.25, -0.2) is 13.1 Å². The molecule has 0 saturated heterocycles. The molecule has 1 aliphatic heterocycles. The minimum Gasteiger partial charge on any atom is -0.337 e. The third-order valence-electron chi connectivity index (χ3n) is 4.58. The van der Waals surface area contributed by atoms with E-state index in [4.69, 9.17) is 17.3 Å². The van der Waals surface area contributed by atoms with E-state index in [1.165, 1.54) is 0 Å². The normalized spacial score (nSPS) is 15.3. The van der Waals surface area contributed by atoms with Gasteiger partial charge in [0.1, 0.15) is 0 Å². The van der Waals surface area contributed by atoms with E-state index in [1.807, 2.05) is 0 Å². The second-order valence-electron chi connectivity index (χ2n) is 6.68. The summed E-state index contributed by atoms with van der Waals surface area (Å²) in [4.78, 5) is 14.0. The highest BCUT2D eigenvalue weighted by atomic mass is 35.5. The summed E-state index contributed by atoms with van der Waals surface area (Å²) in [5.41, 5.74) is 8.39. The lowest BCUT2D eigenvalue weighted by Gasteiger charge is -2.30. The summed E-state index contributed by atoms with van der Waals surface area (Å²) in [6.07, 6.45) is 0.605. The molecular weight excluding hydrogens is 386 g/mol. The number of rotatable bonds is 5. The quantitative estimate of drug-likeness (QED) is 0.793. The largest absolute Gasteiger partial charge is 0.337 e. The van der Waals surface area contributed by atoms with Crippen LogP contribution in [0.4, 0.5) is 0 Å².